The number of halogens is 5. The van der Waals surface area contributed by atoms with E-state index in [4.69, 9.17) is 11.0 Å². The second-order valence-corrected chi connectivity index (χ2v) is 5.24. The van der Waals surface area contributed by atoms with Gasteiger partial charge < -0.3 is 5.73 Å². The molecule has 0 spiro atoms. The highest BCUT2D eigenvalue weighted by Crippen LogP contribution is 3.02. The summed E-state index contributed by atoms with van der Waals surface area (Å²) in [5.74, 6) is 0. The van der Waals surface area contributed by atoms with Crippen molar-refractivity contribution in [2.75, 3.05) is 5.73 Å². The standard InChI is InChI=1S/C7H5F5N2S/c8-15(9,10,11,12)6-1-2-7(14)5(3-6)4-13/h1-3H,14H2. The van der Waals surface area contributed by atoms with Crippen molar-refractivity contribution in [2.45, 2.75) is 4.90 Å². The normalized spacial score (nSPS) is 16.3. The van der Waals surface area contributed by atoms with Gasteiger partial charge in [-0.25, -0.2) is 0 Å². The summed E-state index contributed by atoms with van der Waals surface area (Å²) in [5.41, 5.74) is 4.21. The first-order chi connectivity index (χ1) is 6.44. The summed E-state index contributed by atoms with van der Waals surface area (Å²) in [5, 5.41) is 8.35. The van der Waals surface area contributed by atoms with Crippen molar-refractivity contribution in [2.24, 2.45) is 0 Å². The van der Waals surface area contributed by atoms with Gasteiger partial charge in [0.1, 0.15) is 11.0 Å². The number of hydrogen-bond acceptors (Lipinski definition) is 2. The van der Waals surface area contributed by atoms with Crippen LogP contribution in [0.2, 0.25) is 0 Å². The molecule has 8 heteroatoms. The van der Waals surface area contributed by atoms with Crippen molar-refractivity contribution in [3.05, 3.63) is 23.8 Å². The van der Waals surface area contributed by atoms with Crippen molar-refractivity contribution in [3.8, 4) is 6.07 Å². The molecule has 0 fully saturated rings. The van der Waals surface area contributed by atoms with Crippen LogP contribution in [-0.4, -0.2) is 0 Å². The molecule has 15 heavy (non-hydrogen) atoms. The van der Waals surface area contributed by atoms with Crippen LogP contribution in [0.15, 0.2) is 23.1 Å². The molecule has 0 amide bonds. The number of nitrogens with two attached hydrogens (primary N) is 1. The summed E-state index contributed by atoms with van der Waals surface area (Å²) in [6, 6.07) is 2.15. The van der Waals surface area contributed by atoms with E-state index < -0.39 is 20.7 Å². The molecule has 0 radical (unpaired) electrons. The van der Waals surface area contributed by atoms with Crippen molar-refractivity contribution < 1.29 is 19.4 Å². The molecular formula is C7H5F5N2S. The predicted molar refractivity (Wildman–Crippen MR) is 47.0 cm³/mol. The minimum Gasteiger partial charge on any atom is -0.398 e. The minimum atomic E-state index is -9.71. The van der Waals surface area contributed by atoms with Gasteiger partial charge in [-0.05, 0) is 18.2 Å². The zero-order valence-electron chi connectivity index (χ0n) is 7.05. The Balaban J connectivity index is 3.52. The number of benzene rings is 1. The molecule has 0 aliphatic carbocycles. The Morgan fingerprint density at radius 2 is 1.67 bits per heavy atom. The van der Waals surface area contributed by atoms with Crippen molar-refractivity contribution in [1.29, 1.82) is 5.26 Å². The average Bonchev–Trinajstić information content (AvgIpc) is 2.00. The van der Waals surface area contributed by atoms with Gasteiger partial charge in [-0.1, -0.05) is 19.4 Å². The third-order valence-corrected chi connectivity index (χ3v) is 2.74. The first-order valence-electron chi connectivity index (χ1n) is 3.48. The first kappa shape index (κ1) is 11.6. The van der Waals surface area contributed by atoms with Gasteiger partial charge in [-0.2, -0.15) is 5.26 Å². The molecule has 0 saturated heterocycles. The van der Waals surface area contributed by atoms with Gasteiger partial charge in [-0.15, -0.1) is 0 Å². The quantitative estimate of drug-likeness (QED) is 0.603. The number of nitriles is 1. The Hall–Kier alpha value is -1.49. The second-order valence-electron chi connectivity index (χ2n) is 2.83. The number of anilines is 1. The van der Waals surface area contributed by atoms with Crippen LogP contribution in [0.1, 0.15) is 5.56 Å². The summed E-state index contributed by atoms with van der Waals surface area (Å²) in [6.07, 6.45) is 0. The molecule has 0 aromatic heterocycles. The third kappa shape index (κ3) is 2.50. The molecule has 0 aliphatic heterocycles. The van der Waals surface area contributed by atoms with Gasteiger partial charge in [0.15, 0.2) is 0 Å². The summed E-state index contributed by atoms with van der Waals surface area (Å²) in [7, 11) is -9.71. The van der Waals surface area contributed by atoms with Gasteiger partial charge in [0.05, 0.1) is 5.56 Å². The number of nitrogen functional groups attached to an aromatic ring is 1. The fourth-order valence-electron chi connectivity index (χ4n) is 0.872. The van der Waals surface area contributed by atoms with E-state index in [1.54, 1.807) is 0 Å². The Labute approximate surface area is 81.8 Å². The Morgan fingerprint density at radius 3 is 2.07 bits per heavy atom. The first-order valence-corrected chi connectivity index (χ1v) is 5.43. The van der Waals surface area contributed by atoms with Crippen LogP contribution < -0.4 is 5.73 Å². The van der Waals surface area contributed by atoms with Crippen molar-refractivity contribution in [1.82, 2.24) is 0 Å². The topological polar surface area (TPSA) is 49.8 Å². The van der Waals surface area contributed by atoms with E-state index in [-0.39, 0.29) is 17.8 Å². The van der Waals surface area contributed by atoms with Gasteiger partial charge >= 0.3 is 10.2 Å². The zero-order valence-corrected chi connectivity index (χ0v) is 7.87. The maximum absolute atomic E-state index is 12.2. The lowest BCUT2D eigenvalue weighted by Crippen LogP contribution is -2.06. The van der Waals surface area contributed by atoms with E-state index in [1.165, 1.54) is 6.07 Å². The summed E-state index contributed by atoms with van der Waals surface area (Å²) >= 11 is 0. The van der Waals surface area contributed by atoms with Crippen LogP contribution >= 0.6 is 10.2 Å². The number of hydrogen-bond donors (Lipinski definition) is 1. The molecule has 84 valence electrons. The lowest BCUT2D eigenvalue weighted by atomic mass is 10.2. The SMILES string of the molecule is N#Cc1cc(S(F)(F)(F)(F)F)ccc1N. The number of nitrogens with zero attached hydrogens (tertiary/aromatic N) is 1. The molecule has 0 aliphatic rings. The lowest BCUT2D eigenvalue weighted by Gasteiger charge is -2.40. The van der Waals surface area contributed by atoms with E-state index in [0.717, 1.165) is 0 Å². The fourth-order valence-corrected chi connectivity index (χ4v) is 1.54. The highest BCUT2D eigenvalue weighted by molar-refractivity contribution is 8.45. The average molecular weight is 244 g/mol. The highest BCUT2D eigenvalue weighted by Gasteiger charge is 2.65. The van der Waals surface area contributed by atoms with E-state index in [2.05, 4.69) is 0 Å². The van der Waals surface area contributed by atoms with Crippen LogP contribution in [0.5, 0.6) is 0 Å². The molecule has 1 aromatic rings. The van der Waals surface area contributed by atoms with E-state index in [0.29, 0.717) is 6.07 Å². The van der Waals surface area contributed by atoms with Crippen LogP contribution in [0, 0.1) is 11.3 Å². The Kier molecular flexibility index (Phi) is 1.82. The van der Waals surface area contributed by atoms with Crippen LogP contribution in [-0.2, 0) is 0 Å². The van der Waals surface area contributed by atoms with Crippen LogP contribution in [0.4, 0.5) is 25.1 Å². The molecule has 0 unspecified atom stereocenters. The van der Waals surface area contributed by atoms with Gasteiger partial charge in [0, 0.05) is 5.69 Å². The highest BCUT2D eigenvalue weighted by atomic mass is 32.5. The molecule has 0 bridgehead atoms. The zero-order chi connectivity index (χ0) is 12.0. The summed E-state index contributed by atoms with van der Waals surface area (Å²) < 4.78 is 61.2. The molecule has 1 rings (SSSR count). The number of rotatable bonds is 1. The van der Waals surface area contributed by atoms with E-state index >= 15 is 0 Å². The maximum Gasteiger partial charge on any atom is 0.310 e. The Morgan fingerprint density at radius 1 is 1.13 bits per heavy atom. The summed E-state index contributed by atoms with van der Waals surface area (Å²) in [4.78, 5) is -2.11. The van der Waals surface area contributed by atoms with E-state index in [9.17, 15) is 19.4 Å². The fraction of sp³-hybridized carbons (Fsp3) is 0. The molecule has 0 heterocycles. The van der Waals surface area contributed by atoms with Gasteiger partial charge in [0.25, 0.3) is 0 Å². The van der Waals surface area contributed by atoms with Gasteiger partial charge in [0.2, 0.25) is 0 Å². The van der Waals surface area contributed by atoms with Crippen LogP contribution in [0.25, 0.3) is 0 Å². The lowest BCUT2D eigenvalue weighted by molar-refractivity contribution is 0.364. The predicted octanol–water partition coefficient (Wildman–Crippen LogP) is 3.80. The minimum absolute atomic E-state index is 0.0525. The molecule has 0 saturated carbocycles. The molecule has 1 aromatic carbocycles. The largest absolute Gasteiger partial charge is 0.398 e. The Bertz CT molecular complexity index is 458. The monoisotopic (exact) mass is 244 g/mol. The smallest absolute Gasteiger partial charge is 0.310 e. The molecular weight excluding hydrogens is 239 g/mol. The molecule has 0 atom stereocenters. The van der Waals surface area contributed by atoms with Crippen molar-refractivity contribution in [3.63, 3.8) is 0 Å². The van der Waals surface area contributed by atoms with E-state index in [1.807, 2.05) is 0 Å². The molecule has 2 nitrogen and oxygen atoms in total. The summed E-state index contributed by atoms with van der Waals surface area (Å²) in [6.45, 7) is 0. The second kappa shape index (κ2) is 2.36. The third-order valence-electron chi connectivity index (χ3n) is 1.59. The molecule has 2 N–H and O–H groups in total. The maximum atomic E-state index is 12.2. The van der Waals surface area contributed by atoms with Gasteiger partial charge in [-0.3, -0.25) is 0 Å². The van der Waals surface area contributed by atoms with Crippen molar-refractivity contribution >= 4 is 15.9 Å². The van der Waals surface area contributed by atoms with Crippen LogP contribution in [0.3, 0.4) is 0 Å².